The monoisotopic (exact) mass is 339 g/mol. The number of halogens is 3. The van der Waals surface area contributed by atoms with Crippen LogP contribution in [0.25, 0.3) is 0 Å². The van der Waals surface area contributed by atoms with E-state index >= 15 is 0 Å². The highest BCUT2D eigenvalue weighted by atomic mass is 19.4. The molecule has 0 bridgehead atoms. The van der Waals surface area contributed by atoms with Gasteiger partial charge in [-0.2, -0.15) is 13.2 Å². The number of benzene rings is 2. The highest BCUT2D eigenvalue weighted by molar-refractivity contribution is 5.91. The second-order valence-corrected chi connectivity index (χ2v) is 5.44. The van der Waals surface area contributed by atoms with Crippen LogP contribution in [0.4, 0.5) is 18.9 Å². The molecular weight excluding hydrogens is 323 g/mol. The highest BCUT2D eigenvalue weighted by Crippen LogP contribution is 2.33. The molecule has 24 heavy (non-hydrogen) atoms. The number of carbonyl (C=O) groups is 1. The van der Waals surface area contributed by atoms with E-state index in [0.717, 1.165) is 0 Å². The van der Waals surface area contributed by atoms with Crippen LogP contribution in [0.2, 0.25) is 0 Å². The van der Waals surface area contributed by atoms with Crippen LogP contribution in [0.3, 0.4) is 0 Å². The summed E-state index contributed by atoms with van der Waals surface area (Å²) in [6.07, 6.45) is -5.96. The van der Waals surface area contributed by atoms with Gasteiger partial charge in [-0.25, -0.2) is 0 Å². The van der Waals surface area contributed by atoms with Gasteiger partial charge in [-0.15, -0.1) is 0 Å². The predicted molar refractivity (Wildman–Crippen MR) is 82.9 cm³/mol. The van der Waals surface area contributed by atoms with E-state index in [-0.39, 0.29) is 0 Å². The third kappa shape index (κ3) is 4.73. The fourth-order valence-electron chi connectivity index (χ4n) is 1.85. The molecule has 0 radical (unpaired) electrons. The fourth-order valence-corrected chi connectivity index (χ4v) is 1.85. The number of aliphatic hydroxyl groups is 1. The zero-order valence-corrected chi connectivity index (χ0v) is 12.8. The Morgan fingerprint density at radius 2 is 1.58 bits per heavy atom. The Balaban J connectivity index is 1.95. The lowest BCUT2D eigenvalue weighted by Gasteiger charge is -2.25. The summed E-state index contributed by atoms with van der Waals surface area (Å²) < 4.78 is 43.2. The van der Waals surface area contributed by atoms with Gasteiger partial charge < -0.3 is 15.2 Å². The van der Waals surface area contributed by atoms with Crippen molar-refractivity contribution in [1.82, 2.24) is 0 Å². The first-order valence-electron chi connectivity index (χ1n) is 7.09. The van der Waals surface area contributed by atoms with Gasteiger partial charge in [-0.1, -0.05) is 18.2 Å². The summed E-state index contributed by atoms with van der Waals surface area (Å²) in [6.45, 7) is 0.559. The van der Waals surface area contributed by atoms with Gasteiger partial charge in [0.1, 0.15) is 11.5 Å². The van der Waals surface area contributed by atoms with Crippen molar-refractivity contribution in [3.63, 3.8) is 0 Å². The van der Waals surface area contributed by atoms with Gasteiger partial charge in [-0.05, 0) is 43.3 Å². The smallest absolute Gasteiger partial charge is 0.417 e. The average molecular weight is 339 g/mol. The molecule has 0 fully saturated rings. The third-order valence-corrected chi connectivity index (χ3v) is 3.23. The number of rotatable bonds is 5. The van der Waals surface area contributed by atoms with Crippen molar-refractivity contribution in [2.45, 2.75) is 25.1 Å². The van der Waals surface area contributed by atoms with E-state index in [1.807, 2.05) is 18.2 Å². The summed E-state index contributed by atoms with van der Waals surface area (Å²) in [5, 5.41) is 11.6. The van der Waals surface area contributed by atoms with Gasteiger partial charge in [-0.3, -0.25) is 4.79 Å². The first kappa shape index (κ1) is 17.8. The van der Waals surface area contributed by atoms with Crippen LogP contribution >= 0.6 is 0 Å². The second kappa shape index (κ2) is 6.92. The molecule has 4 nitrogen and oxygen atoms in total. The van der Waals surface area contributed by atoms with Crippen LogP contribution in [-0.4, -0.2) is 22.8 Å². The van der Waals surface area contributed by atoms with Gasteiger partial charge in [0.25, 0.3) is 0 Å². The van der Waals surface area contributed by atoms with Gasteiger partial charge in [0.2, 0.25) is 5.91 Å². The Labute approximate surface area is 136 Å². The molecule has 1 amide bonds. The molecule has 0 spiro atoms. The summed E-state index contributed by atoms with van der Waals surface area (Å²) in [5.74, 6) is 0.214. The molecule has 0 saturated carbocycles. The summed E-state index contributed by atoms with van der Waals surface area (Å²) in [7, 11) is 0. The Morgan fingerprint density at radius 1 is 1.04 bits per heavy atom. The standard InChI is InChI=1S/C17H16F3NO3/c1-16(23,17(18,19)20)11-15(22)21-12-7-9-14(10-8-12)24-13-5-3-2-4-6-13/h2-10,23H,11H2,1H3,(H,21,22)/t16-/m0/s1. The zero-order chi connectivity index (χ0) is 17.8. The quantitative estimate of drug-likeness (QED) is 0.861. The van der Waals surface area contributed by atoms with E-state index in [2.05, 4.69) is 5.32 Å². The summed E-state index contributed by atoms with van der Waals surface area (Å²) >= 11 is 0. The molecule has 0 aliphatic carbocycles. The fraction of sp³-hybridized carbons (Fsp3) is 0.235. The predicted octanol–water partition coefficient (Wildman–Crippen LogP) is 4.12. The molecule has 2 rings (SSSR count). The largest absolute Gasteiger partial charge is 0.457 e. The molecule has 2 N–H and O–H groups in total. The number of carbonyl (C=O) groups excluding carboxylic acids is 1. The lowest BCUT2D eigenvalue weighted by atomic mass is 10.0. The SMILES string of the molecule is C[C@](O)(CC(=O)Nc1ccc(Oc2ccccc2)cc1)C(F)(F)F. The Morgan fingerprint density at radius 3 is 2.12 bits per heavy atom. The highest BCUT2D eigenvalue weighted by Gasteiger charge is 2.50. The Kier molecular flexibility index (Phi) is 5.14. The van der Waals surface area contributed by atoms with Crippen molar-refractivity contribution in [1.29, 1.82) is 0 Å². The molecule has 7 heteroatoms. The second-order valence-electron chi connectivity index (χ2n) is 5.44. The molecule has 0 heterocycles. The minimum Gasteiger partial charge on any atom is -0.457 e. The molecule has 0 aliphatic heterocycles. The minimum atomic E-state index is -4.88. The van der Waals surface area contributed by atoms with Crippen molar-refractivity contribution in [2.24, 2.45) is 0 Å². The maximum absolute atomic E-state index is 12.5. The van der Waals surface area contributed by atoms with Crippen LogP contribution < -0.4 is 10.1 Å². The summed E-state index contributed by atoms with van der Waals surface area (Å²) in [6, 6.07) is 15.2. The Hall–Kier alpha value is -2.54. The lowest BCUT2D eigenvalue weighted by molar-refractivity contribution is -0.252. The van der Waals surface area contributed by atoms with E-state index in [0.29, 0.717) is 24.1 Å². The Bertz CT molecular complexity index is 682. The third-order valence-electron chi connectivity index (χ3n) is 3.23. The molecule has 0 saturated heterocycles. The molecule has 0 unspecified atom stereocenters. The van der Waals surface area contributed by atoms with E-state index in [1.54, 1.807) is 24.3 Å². The van der Waals surface area contributed by atoms with Crippen molar-refractivity contribution in [2.75, 3.05) is 5.32 Å². The van der Waals surface area contributed by atoms with Crippen LogP contribution in [0.1, 0.15) is 13.3 Å². The molecule has 1 atom stereocenters. The van der Waals surface area contributed by atoms with Crippen molar-refractivity contribution < 1.29 is 27.8 Å². The normalized spacial score (nSPS) is 13.9. The van der Waals surface area contributed by atoms with Crippen molar-refractivity contribution in [3.05, 3.63) is 54.6 Å². The molecule has 2 aromatic rings. The van der Waals surface area contributed by atoms with Gasteiger partial charge in [0.05, 0.1) is 6.42 Å². The van der Waals surface area contributed by atoms with Gasteiger partial charge in [0, 0.05) is 5.69 Å². The van der Waals surface area contributed by atoms with Gasteiger partial charge in [0.15, 0.2) is 5.60 Å². The van der Waals surface area contributed by atoms with Crippen molar-refractivity contribution in [3.8, 4) is 11.5 Å². The molecular formula is C17H16F3NO3. The number of nitrogens with one attached hydrogen (secondary N) is 1. The molecule has 0 aromatic heterocycles. The number of para-hydroxylation sites is 1. The van der Waals surface area contributed by atoms with E-state index in [9.17, 15) is 23.1 Å². The summed E-state index contributed by atoms with van der Waals surface area (Å²) in [5.41, 5.74) is -2.77. The van der Waals surface area contributed by atoms with E-state index < -0.39 is 24.1 Å². The minimum absolute atomic E-state index is 0.304. The first-order chi connectivity index (χ1) is 11.2. The van der Waals surface area contributed by atoms with Crippen LogP contribution in [0.15, 0.2) is 54.6 Å². The van der Waals surface area contributed by atoms with Crippen LogP contribution in [-0.2, 0) is 4.79 Å². The van der Waals surface area contributed by atoms with Crippen LogP contribution in [0, 0.1) is 0 Å². The number of amides is 1. The van der Waals surface area contributed by atoms with Crippen molar-refractivity contribution >= 4 is 11.6 Å². The number of hydrogen-bond acceptors (Lipinski definition) is 3. The molecule has 2 aromatic carbocycles. The lowest BCUT2D eigenvalue weighted by Crippen LogP contribution is -2.44. The van der Waals surface area contributed by atoms with E-state index in [4.69, 9.17) is 4.74 Å². The average Bonchev–Trinajstić information content (AvgIpc) is 2.48. The molecule has 128 valence electrons. The number of alkyl halides is 3. The maximum atomic E-state index is 12.5. The number of hydrogen-bond donors (Lipinski definition) is 2. The first-order valence-corrected chi connectivity index (χ1v) is 7.09. The number of anilines is 1. The zero-order valence-electron chi connectivity index (χ0n) is 12.8. The van der Waals surface area contributed by atoms with Gasteiger partial charge >= 0.3 is 6.18 Å². The van der Waals surface area contributed by atoms with E-state index in [1.165, 1.54) is 12.1 Å². The summed E-state index contributed by atoms with van der Waals surface area (Å²) in [4.78, 5) is 11.6. The van der Waals surface area contributed by atoms with Crippen LogP contribution in [0.5, 0.6) is 11.5 Å². The number of ether oxygens (including phenoxy) is 1. The molecule has 0 aliphatic rings. The maximum Gasteiger partial charge on any atom is 0.417 e. The topological polar surface area (TPSA) is 58.6 Å².